The molecule has 0 spiro atoms. The summed E-state index contributed by atoms with van der Waals surface area (Å²) < 4.78 is 2.09. The van der Waals surface area contributed by atoms with E-state index in [4.69, 9.17) is 16.6 Å². The zero-order valence-electron chi connectivity index (χ0n) is 18.9. The SMILES string of the molecule is N#Cc1ccc(Cl)cc1C1C[C@H]1C(=O)Nc1cc(NCc2cn3cc(C4CC4)ccc3n2)ccn1. The van der Waals surface area contributed by atoms with E-state index in [-0.39, 0.29) is 17.7 Å². The molecule has 1 unspecified atom stereocenters. The van der Waals surface area contributed by atoms with Gasteiger partial charge in [-0.1, -0.05) is 17.7 Å². The molecule has 3 aromatic heterocycles. The Kier molecular flexibility index (Phi) is 5.39. The predicted molar refractivity (Wildman–Crippen MR) is 134 cm³/mol. The number of aromatic nitrogens is 3. The van der Waals surface area contributed by atoms with Gasteiger partial charge in [-0.25, -0.2) is 9.97 Å². The highest BCUT2D eigenvalue weighted by atomic mass is 35.5. The number of benzene rings is 1. The van der Waals surface area contributed by atoms with Gasteiger partial charge < -0.3 is 15.0 Å². The summed E-state index contributed by atoms with van der Waals surface area (Å²) in [6.07, 6.45) is 9.14. The van der Waals surface area contributed by atoms with Gasteiger partial charge in [-0.15, -0.1) is 0 Å². The summed E-state index contributed by atoms with van der Waals surface area (Å²) in [5.41, 5.74) is 5.50. The first-order valence-corrected chi connectivity index (χ1v) is 12.1. The Morgan fingerprint density at radius 1 is 1.17 bits per heavy atom. The molecule has 174 valence electrons. The third-order valence-electron chi connectivity index (χ3n) is 6.72. The molecule has 0 bridgehead atoms. The van der Waals surface area contributed by atoms with Gasteiger partial charge in [0.05, 0.1) is 23.9 Å². The second-order valence-corrected chi connectivity index (χ2v) is 9.74. The van der Waals surface area contributed by atoms with E-state index in [2.05, 4.69) is 50.6 Å². The minimum atomic E-state index is -0.197. The molecule has 2 aliphatic carbocycles. The average Bonchev–Trinajstić information content (AvgIpc) is 3.79. The van der Waals surface area contributed by atoms with E-state index in [0.717, 1.165) is 22.6 Å². The van der Waals surface area contributed by atoms with Crippen LogP contribution in [0.1, 0.15) is 53.5 Å². The number of imidazole rings is 1. The minimum Gasteiger partial charge on any atom is -0.379 e. The van der Waals surface area contributed by atoms with Gasteiger partial charge in [0.1, 0.15) is 11.5 Å². The van der Waals surface area contributed by atoms with Crippen LogP contribution in [0.2, 0.25) is 5.02 Å². The Morgan fingerprint density at radius 3 is 2.89 bits per heavy atom. The zero-order chi connectivity index (χ0) is 23.9. The molecule has 0 radical (unpaired) electrons. The first-order valence-electron chi connectivity index (χ1n) is 11.8. The monoisotopic (exact) mass is 482 g/mol. The van der Waals surface area contributed by atoms with Crippen LogP contribution in [-0.4, -0.2) is 20.3 Å². The predicted octanol–water partition coefficient (Wildman–Crippen LogP) is 5.49. The number of hydrogen-bond acceptors (Lipinski definition) is 5. The fourth-order valence-electron chi connectivity index (χ4n) is 4.60. The van der Waals surface area contributed by atoms with Crippen molar-refractivity contribution in [1.82, 2.24) is 14.4 Å². The number of rotatable bonds is 7. The van der Waals surface area contributed by atoms with Crippen LogP contribution in [-0.2, 0) is 11.3 Å². The summed E-state index contributed by atoms with van der Waals surface area (Å²) in [7, 11) is 0. The number of halogens is 1. The number of nitrogens with zero attached hydrogens (tertiary/aromatic N) is 4. The van der Waals surface area contributed by atoms with Crippen LogP contribution in [0.5, 0.6) is 0 Å². The molecule has 2 N–H and O–H groups in total. The first kappa shape index (κ1) is 21.6. The van der Waals surface area contributed by atoms with E-state index < -0.39 is 0 Å². The molecule has 1 amide bonds. The number of nitrogens with one attached hydrogen (secondary N) is 2. The number of carbonyl (C=O) groups is 1. The maximum atomic E-state index is 12.8. The minimum absolute atomic E-state index is 0.000126. The average molecular weight is 483 g/mol. The fraction of sp³-hybridized carbons (Fsp3) is 0.259. The van der Waals surface area contributed by atoms with Crippen molar-refractivity contribution in [2.75, 3.05) is 10.6 Å². The van der Waals surface area contributed by atoms with Gasteiger partial charge >= 0.3 is 0 Å². The number of nitriles is 1. The smallest absolute Gasteiger partial charge is 0.229 e. The maximum absolute atomic E-state index is 12.8. The van der Waals surface area contributed by atoms with Crippen molar-refractivity contribution in [3.63, 3.8) is 0 Å². The van der Waals surface area contributed by atoms with Crippen molar-refractivity contribution < 1.29 is 4.79 Å². The van der Waals surface area contributed by atoms with E-state index in [1.54, 1.807) is 24.4 Å². The molecule has 7 nitrogen and oxygen atoms in total. The van der Waals surface area contributed by atoms with Crippen LogP contribution in [0.15, 0.2) is 61.1 Å². The highest BCUT2D eigenvalue weighted by Crippen LogP contribution is 2.49. The zero-order valence-corrected chi connectivity index (χ0v) is 19.7. The molecule has 1 aromatic carbocycles. The van der Waals surface area contributed by atoms with Crippen molar-refractivity contribution in [3.8, 4) is 6.07 Å². The molecule has 8 heteroatoms. The summed E-state index contributed by atoms with van der Waals surface area (Å²) >= 11 is 6.11. The number of hydrogen-bond donors (Lipinski definition) is 2. The molecule has 4 aromatic rings. The van der Waals surface area contributed by atoms with Crippen molar-refractivity contribution in [1.29, 1.82) is 5.26 Å². The molecule has 2 fully saturated rings. The lowest BCUT2D eigenvalue weighted by Gasteiger charge is -2.08. The van der Waals surface area contributed by atoms with Crippen molar-refractivity contribution in [2.24, 2.45) is 5.92 Å². The lowest BCUT2D eigenvalue weighted by atomic mass is 10.0. The van der Waals surface area contributed by atoms with E-state index in [9.17, 15) is 10.1 Å². The Morgan fingerprint density at radius 2 is 2.06 bits per heavy atom. The molecule has 2 saturated carbocycles. The molecule has 2 atom stereocenters. The third-order valence-corrected chi connectivity index (χ3v) is 6.95. The van der Waals surface area contributed by atoms with Crippen molar-refractivity contribution in [3.05, 3.63) is 88.5 Å². The summed E-state index contributed by atoms with van der Waals surface area (Å²) in [4.78, 5) is 21.8. The Balaban J connectivity index is 1.09. The van der Waals surface area contributed by atoms with Crippen LogP contribution in [0.4, 0.5) is 11.5 Å². The van der Waals surface area contributed by atoms with Gasteiger partial charge in [0.2, 0.25) is 5.91 Å². The van der Waals surface area contributed by atoms with Gasteiger partial charge in [0.15, 0.2) is 0 Å². The van der Waals surface area contributed by atoms with Gasteiger partial charge in [0.25, 0.3) is 0 Å². The summed E-state index contributed by atoms with van der Waals surface area (Å²) in [5.74, 6) is 0.896. The van der Waals surface area contributed by atoms with Gasteiger partial charge in [-0.05, 0) is 72.6 Å². The van der Waals surface area contributed by atoms with Crippen LogP contribution in [0.3, 0.4) is 0 Å². The summed E-state index contributed by atoms with van der Waals surface area (Å²) in [6.45, 7) is 0.564. The topological polar surface area (TPSA) is 95.1 Å². The lowest BCUT2D eigenvalue weighted by Crippen LogP contribution is -2.16. The number of carbonyl (C=O) groups excluding carboxylic acids is 1. The highest BCUT2D eigenvalue weighted by Gasteiger charge is 2.45. The summed E-state index contributed by atoms with van der Waals surface area (Å²) in [5, 5.41) is 16.2. The fourth-order valence-corrected chi connectivity index (χ4v) is 4.78. The maximum Gasteiger partial charge on any atom is 0.229 e. The second kappa shape index (κ2) is 8.71. The van der Waals surface area contributed by atoms with E-state index >= 15 is 0 Å². The quantitative estimate of drug-likeness (QED) is 0.363. The molecular weight excluding hydrogens is 460 g/mol. The van der Waals surface area contributed by atoms with Gasteiger partial charge in [0, 0.05) is 41.3 Å². The highest BCUT2D eigenvalue weighted by molar-refractivity contribution is 6.30. The van der Waals surface area contributed by atoms with Crippen LogP contribution >= 0.6 is 11.6 Å². The van der Waals surface area contributed by atoms with Crippen LogP contribution in [0, 0.1) is 17.2 Å². The molecule has 3 heterocycles. The standard InChI is InChI=1S/C27H23ClN6O/c28-19-5-3-17(12-29)22(9-19)23-11-24(23)27(35)33-25-10-20(7-8-30-25)31-13-21-15-34-14-18(16-1-2-16)4-6-26(34)32-21/h3-10,14-16,23-24H,1-2,11,13H2,(H2,30,31,33,35)/t23?,24-/m1/s1. The van der Waals surface area contributed by atoms with Crippen molar-refractivity contribution in [2.45, 2.75) is 37.6 Å². The van der Waals surface area contributed by atoms with E-state index in [1.807, 2.05) is 12.1 Å². The molecular formula is C27H23ClN6O. The number of pyridine rings is 2. The molecule has 35 heavy (non-hydrogen) atoms. The number of fused-ring (bicyclic) bond motifs is 1. The van der Waals surface area contributed by atoms with Crippen LogP contribution < -0.4 is 10.6 Å². The van der Waals surface area contributed by atoms with Crippen LogP contribution in [0.25, 0.3) is 5.65 Å². The Bertz CT molecular complexity index is 1480. The lowest BCUT2D eigenvalue weighted by molar-refractivity contribution is -0.117. The third kappa shape index (κ3) is 4.58. The van der Waals surface area contributed by atoms with Gasteiger partial charge in [-0.2, -0.15) is 5.26 Å². The molecule has 0 saturated heterocycles. The normalized spacial score (nSPS) is 18.7. The largest absolute Gasteiger partial charge is 0.379 e. The Labute approximate surface area is 207 Å². The number of amides is 1. The molecule has 6 rings (SSSR count). The Hall–Kier alpha value is -3.89. The number of anilines is 2. The van der Waals surface area contributed by atoms with E-state index in [1.165, 1.54) is 18.4 Å². The van der Waals surface area contributed by atoms with E-state index in [0.29, 0.717) is 35.3 Å². The second-order valence-electron chi connectivity index (χ2n) is 9.30. The molecule has 0 aliphatic heterocycles. The molecule has 2 aliphatic rings. The van der Waals surface area contributed by atoms with Gasteiger partial charge in [-0.3, -0.25) is 4.79 Å². The van der Waals surface area contributed by atoms with Crippen molar-refractivity contribution >= 4 is 34.7 Å². The first-order chi connectivity index (χ1) is 17.1. The summed E-state index contributed by atoms with van der Waals surface area (Å²) in [6, 6.07) is 15.3.